The molecule has 4 heteroatoms. The molecule has 1 atom stereocenters. The molecule has 0 aliphatic carbocycles. The Kier molecular flexibility index (Phi) is 7.68. The molecule has 1 rings (SSSR count). The fourth-order valence-corrected chi connectivity index (χ4v) is 2.69. The third-order valence-electron chi connectivity index (χ3n) is 3.97. The molecular formula is C17H29FN2O. The Hall–Kier alpha value is -1.13. The Bertz CT molecular complexity index is 419. The highest BCUT2D eigenvalue weighted by Gasteiger charge is 2.17. The molecule has 0 heterocycles. The van der Waals surface area contributed by atoms with E-state index < -0.39 is 6.10 Å². The minimum Gasteiger partial charge on any atom is -0.389 e. The second kappa shape index (κ2) is 9.00. The second-order valence-electron chi connectivity index (χ2n) is 5.31. The van der Waals surface area contributed by atoms with Crippen LogP contribution in [0.15, 0.2) is 18.2 Å². The van der Waals surface area contributed by atoms with Crippen LogP contribution in [0.2, 0.25) is 0 Å². The molecule has 120 valence electrons. The van der Waals surface area contributed by atoms with Crippen LogP contribution in [0.4, 0.5) is 10.1 Å². The van der Waals surface area contributed by atoms with Crippen LogP contribution < -0.4 is 4.90 Å². The molecule has 1 N–H and O–H groups in total. The number of hydrogen-bond acceptors (Lipinski definition) is 3. The Balaban J connectivity index is 2.79. The van der Waals surface area contributed by atoms with Crippen LogP contribution in [-0.4, -0.2) is 42.7 Å². The van der Waals surface area contributed by atoms with Gasteiger partial charge in [-0.1, -0.05) is 19.9 Å². The Morgan fingerprint density at radius 1 is 1.10 bits per heavy atom. The zero-order chi connectivity index (χ0) is 15.8. The lowest BCUT2D eigenvalue weighted by Crippen LogP contribution is -2.30. The quantitative estimate of drug-likeness (QED) is 0.756. The maximum Gasteiger partial charge on any atom is 0.131 e. The number of nitrogens with zero attached hydrogens (tertiary/aromatic N) is 2. The van der Waals surface area contributed by atoms with Crippen molar-refractivity contribution >= 4 is 5.69 Å². The molecule has 0 saturated carbocycles. The van der Waals surface area contributed by atoms with Crippen molar-refractivity contribution in [2.75, 3.05) is 37.6 Å². The zero-order valence-corrected chi connectivity index (χ0v) is 13.8. The lowest BCUT2D eigenvalue weighted by molar-refractivity contribution is 0.194. The molecule has 0 spiro atoms. The molecule has 0 unspecified atom stereocenters. The van der Waals surface area contributed by atoms with Gasteiger partial charge in [0.2, 0.25) is 0 Å². The zero-order valence-electron chi connectivity index (χ0n) is 13.8. The van der Waals surface area contributed by atoms with Crippen molar-refractivity contribution in [2.45, 2.75) is 40.2 Å². The molecule has 3 nitrogen and oxygen atoms in total. The van der Waals surface area contributed by atoms with E-state index in [2.05, 4.69) is 30.6 Å². The van der Waals surface area contributed by atoms with Crippen molar-refractivity contribution in [3.63, 3.8) is 0 Å². The van der Waals surface area contributed by atoms with Gasteiger partial charge in [0.1, 0.15) is 5.82 Å². The van der Waals surface area contributed by atoms with Gasteiger partial charge < -0.3 is 14.9 Å². The highest BCUT2D eigenvalue weighted by molar-refractivity contribution is 5.55. The topological polar surface area (TPSA) is 26.7 Å². The first kappa shape index (κ1) is 17.9. The van der Waals surface area contributed by atoms with E-state index in [1.807, 2.05) is 6.07 Å². The van der Waals surface area contributed by atoms with E-state index in [4.69, 9.17) is 0 Å². The van der Waals surface area contributed by atoms with E-state index >= 15 is 0 Å². The molecule has 0 fully saturated rings. The SMILES string of the molecule is CCN(CC)CCCN(CC)c1cccc(F)c1[C@@H](C)O. The normalized spacial score (nSPS) is 12.7. The summed E-state index contributed by atoms with van der Waals surface area (Å²) >= 11 is 0. The molecule has 0 aliphatic rings. The maximum atomic E-state index is 14.0. The van der Waals surface area contributed by atoms with Crippen LogP contribution in [0.5, 0.6) is 0 Å². The molecule has 0 bridgehead atoms. The number of hydrogen-bond donors (Lipinski definition) is 1. The van der Waals surface area contributed by atoms with Gasteiger partial charge in [0.15, 0.2) is 0 Å². The van der Waals surface area contributed by atoms with E-state index in [0.717, 1.165) is 44.8 Å². The second-order valence-corrected chi connectivity index (χ2v) is 5.31. The van der Waals surface area contributed by atoms with Gasteiger partial charge in [-0.05, 0) is 52.0 Å². The third kappa shape index (κ3) is 4.97. The number of aliphatic hydroxyl groups excluding tert-OH is 1. The molecule has 0 saturated heterocycles. The summed E-state index contributed by atoms with van der Waals surface area (Å²) in [4.78, 5) is 4.53. The lowest BCUT2D eigenvalue weighted by atomic mass is 10.1. The molecule has 0 aromatic heterocycles. The molecule has 1 aromatic carbocycles. The van der Waals surface area contributed by atoms with E-state index in [9.17, 15) is 9.50 Å². The van der Waals surface area contributed by atoms with Crippen molar-refractivity contribution in [3.8, 4) is 0 Å². The summed E-state index contributed by atoms with van der Waals surface area (Å²) in [7, 11) is 0. The van der Waals surface area contributed by atoms with Crippen LogP contribution in [0.1, 0.15) is 45.8 Å². The average Bonchev–Trinajstić information content (AvgIpc) is 2.47. The van der Waals surface area contributed by atoms with Crippen LogP contribution in [0.25, 0.3) is 0 Å². The summed E-state index contributed by atoms with van der Waals surface area (Å²) in [5, 5.41) is 9.84. The molecule has 21 heavy (non-hydrogen) atoms. The number of halogens is 1. The third-order valence-corrected chi connectivity index (χ3v) is 3.97. The predicted octanol–water partition coefficient (Wildman–Crippen LogP) is 3.44. The van der Waals surface area contributed by atoms with Gasteiger partial charge in [0, 0.05) is 24.3 Å². The largest absolute Gasteiger partial charge is 0.389 e. The van der Waals surface area contributed by atoms with Gasteiger partial charge in [-0.15, -0.1) is 0 Å². The van der Waals surface area contributed by atoms with Crippen molar-refractivity contribution in [3.05, 3.63) is 29.6 Å². The van der Waals surface area contributed by atoms with Crippen molar-refractivity contribution < 1.29 is 9.50 Å². The minimum absolute atomic E-state index is 0.329. The summed E-state index contributed by atoms with van der Waals surface area (Å²) in [6, 6.07) is 5.02. The van der Waals surface area contributed by atoms with Gasteiger partial charge in [-0.2, -0.15) is 0 Å². The fourth-order valence-electron chi connectivity index (χ4n) is 2.69. The van der Waals surface area contributed by atoms with Gasteiger partial charge in [-0.3, -0.25) is 0 Å². The first-order valence-electron chi connectivity index (χ1n) is 7.98. The fraction of sp³-hybridized carbons (Fsp3) is 0.647. The Morgan fingerprint density at radius 2 is 1.76 bits per heavy atom. The summed E-state index contributed by atoms with van der Waals surface area (Å²) in [6.07, 6.45) is 0.240. The van der Waals surface area contributed by atoms with Gasteiger partial charge in [-0.25, -0.2) is 4.39 Å². The summed E-state index contributed by atoms with van der Waals surface area (Å²) in [5.41, 5.74) is 1.22. The predicted molar refractivity (Wildman–Crippen MR) is 87.3 cm³/mol. The van der Waals surface area contributed by atoms with Crippen molar-refractivity contribution in [1.82, 2.24) is 4.90 Å². The summed E-state index contributed by atoms with van der Waals surface area (Å²) in [5.74, 6) is -0.329. The van der Waals surface area contributed by atoms with Gasteiger partial charge in [0.25, 0.3) is 0 Å². The lowest BCUT2D eigenvalue weighted by Gasteiger charge is -2.28. The van der Waals surface area contributed by atoms with Crippen LogP contribution in [0, 0.1) is 5.82 Å². The first-order valence-corrected chi connectivity index (χ1v) is 7.98. The highest BCUT2D eigenvalue weighted by atomic mass is 19.1. The summed E-state index contributed by atoms with van der Waals surface area (Å²) in [6.45, 7) is 12.8. The molecule has 0 radical (unpaired) electrons. The van der Waals surface area contributed by atoms with E-state index in [0.29, 0.717) is 5.56 Å². The Labute approximate surface area is 128 Å². The Morgan fingerprint density at radius 3 is 2.29 bits per heavy atom. The van der Waals surface area contributed by atoms with E-state index in [1.54, 1.807) is 13.0 Å². The van der Waals surface area contributed by atoms with Crippen molar-refractivity contribution in [1.29, 1.82) is 0 Å². The summed E-state index contributed by atoms with van der Waals surface area (Å²) < 4.78 is 14.0. The maximum absolute atomic E-state index is 14.0. The van der Waals surface area contributed by atoms with Gasteiger partial charge >= 0.3 is 0 Å². The molecular weight excluding hydrogens is 267 g/mol. The smallest absolute Gasteiger partial charge is 0.131 e. The molecule has 1 aromatic rings. The highest BCUT2D eigenvalue weighted by Crippen LogP contribution is 2.29. The van der Waals surface area contributed by atoms with E-state index in [-0.39, 0.29) is 5.82 Å². The van der Waals surface area contributed by atoms with Crippen LogP contribution >= 0.6 is 0 Å². The average molecular weight is 296 g/mol. The minimum atomic E-state index is -0.793. The number of anilines is 1. The van der Waals surface area contributed by atoms with E-state index in [1.165, 1.54) is 6.07 Å². The van der Waals surface area contributed by atoms with Gasteiger partial charge in [0.05, 0.1) is 6.10 Å². The monoisotopic (exact) mass is 296 g/mol. The first-order chi connectivity index (χ1) is 10.0. The molecule has 0 amide bonds. The van der Waals surface area contributed by atoms with Crippen molar-refractivity contribution in [2.24, 2.45) is 0 Å². The number of benzene rings is 1. The van der Waals surface area contributed by atoms with Crippen LogP contribution in [0.3, 0.4) is 0 Å². The standard InChI is InChI=1S/C17H29FN2O/c1-5-19(6-2)12-9-13-20(7-3)16-11-8-10-15(18)17(16)14(4)21/h8,10-11,14,21H,5-7,9,12-13H2,1-4H3/t14-/m1/s1. The number of rotatable bonds is 9. The molecule has 0 aliphatic heterocycles. The number of aliphatic hydroxyl groups is 1. The van der Waals surface area contributed by atoms with Crippen LogP contribution in [-0.2, 0) is 0 Å².